The van der Waals surface area contributed by atoms with E-state index in [1.54, 1.807) is 4.90 Å². The summed E-state index contributed by atoms with van der Waals surface area (Å²) >= 11 is 3.42. The maximum absolute atomic E-state index is 12.0. The van der Waals surface area contributed by atoms with Crippen molar-refractivity contribution in [1.82, 2.24) is 10.2 Å². The zero-order valence-corrected chi connectivity index (χ0v) is 13.0. The number of aliphatic hydroxyl groups is 1. The van der Waals surface area contributed by atoms with Crippen LogP contribution in [0.5, 0.6) is 0 Å². The van der Waals surface area contributed by atoms with E-state index >= 15 is 0 Å². The molecule has 0 aliphatic heterocycles. The third kappa shape index (κ3) is 5.20. The van der Waals surface area contributed by atoms with Crippen LogP contribution in [0.2, 0.25) is 0 Å². The summed E-state index contributed by atoms with van der Waals surface area (Å²) in [5.41, 5.74) is 2.23. The Balaban J connectivity index is 2.56. The summed E-state index contributed by atoms with van der Waals surface area (Å²) in [7, 11) is 0. The largest absolute Gasteiger partial charge is 0.395 e. The van der Waals surface area contributed by atoms with Gasteiger partial charge in [-0.15, -0.1) is 0 Å². The lowest BCUT2D eigenvalue weighted by atomic mass is 10.1. The van der Waals surface area contributed by atoms with Crippen LogP contribution in [0.1, 0.15) is 24.5 Å². The maximum Gasteiger partial charge on any atom is 0.317 e. The van der Waals surface area contributed by atoms with Crippen LogP contribution in [0.4, 0.5) is 4.79 Å². The second kappa shape index (κ2) is 8.17. The second-order valence-electron chi connectivity index (χ2n) is 4.44. The highest BCUT2D eigenvalue weighted by molar-refractivity contribution is 9.10. The molecule has 0 fully saturated rings. The van der Waals surface area contributed by atoms with E-state index in [0.717, 1.165) is 22.0 Å². The van der Waals surface area contributed by atoms with Gasteiger partial charge in [-0.25, -0.2) is 4.79 Å². The van der Waals surface area contributed by atoms with Crippen molar-refractivity contribution >= 4 is 22.0 Å². The molecule has 0 bridgehead atoms. The first-order chi connectivity index (χ1) is 9.08. The Bertz CT molecular complexity index is 418. The molecule has 0 spiro atoms. The first-order valence-corrected chi connectivity index (χ1v) is 7.26. The second-order valence-corrected chi connectivity index (χ2v) is 5.36. The number of urea groups is 1. The fraction of sp³-hybridized carbons (Fsp3) is 0.500. The van der Waals surface area contributed by atoms with Crippen LogP contribution in [0.3, 0.4) is 0 Å². The van der Waals surface area contributed by atoms with Crippen LogP contribution in [0.15, 0.2) is 22.7 Å². The summed E-state index contributed by atoms with van der Waals surface area (Å²) in [4.78, 5) is 13.6. The molecule has 2 amide bonds. The summed E-state index contributed by atoms with van der Waals surface area (Å²) in [5, 5.41) is 11.8. The molecule has 1 aromatic rings. The lowest BCUT2D eigenvalue weighted by Gasteiger charge is -2.21. The van der Waals surface area contributed by atoms with Crippen molar-refractivity contribution in [3.63, 3.8) is 0 Å². The number of hydrogen-bond acceptors (Lipinski definition) is 2. The van der Waals surface area contributed by atoms with E-state index in [4.69, 9.17) is 5.11 Å². The smallest absolute Gasteiger partial charge is 0.317 e. The Hall–Kier alpha value is -1.07. The fourth-order valence-electron chi connectivity index (χ4n) is 1.85. The van der Waals surface area contributed by atoms with Crippen molar-refractivity contribution < 1.29 is 9.90 Å². The van der Waals surface area contributed by atoms with Gasteiger partial charge < -0.3 is 15.3 Å². The van der Waals surface area contributed by atoms with Gasteiger partial charge in [0.05, 0.1) is 6.61 Å². The first kappa shape index (κ1) is 16.0. The molecular weight excluding hydrogens is 308 g/mol. The van der Waals surface area contributed by atoms with Gasteiger partial charge in [0.15, 0.2) is 0 Å². The standard InChI is InChI=1S/C14H21BrN2O2/c1-3-6-17(7-8-18)14(19)16-10-12-4-5-13(15)9-11(12)2/h4-5,9,18H,3,6-8,10H2,1-2H3,(H,16,19). The van der Waals surface area contributed by atoms with Gasteiger partial charge >= 0.3 is 6.03 Å². The number of amides is 2. The molecule has 4 nitrogen and oxygen atoms in total. The van der Waals surface area contributed by atoms with Gasteiger partial charge in [0.25, 0.3) is 0 Å². The van der Waals surface area contributed by atoms with E-state index in [1.807, 2.05) is 32.0 Å². The quantitative estimate of drug-likeness (QED) is 0.843. The highest BCUT2D eigenvalue weighted by atomic mass is 79.9. The molecule has 0 aliphatic rings. The minimum atomic E-state index is -0.127. The molecule has 19 heavy (non-hydrogen) atoms. The monoisotopic (exact) mass is 328 g/mol. The van der Waals surface area contributed by atoms with Crippen molar-refractivity contribution in [1.29, 1.82) is 0 Å². The van der Waals surface area contributed by atoms with Crippen molar-refractivity contribution in [2.45, 2.75) is 26.8 Å². The highest BCUT2D eigenvalue weighted by Gasteiger charge is 2.11. The fourth-order valence-corrected chi connectivity index (χ4v) is 2.32. The molecule has 0 unspecified atom stereocenters. The molecule has 0 atom stereocenters. The molecule has 0 aromatic heterocycles. The van der Waals surface area contributed by atoms with Crippen molar-refractivity contribution in [3.8, 4) is 0 Å². The number of nitrogens with one attached hydrogen (secondary N) is 1. The van der Waals surface area contributed by atoms with Gasteiger partial charge in [-0.05, 0) is 36.6 Å². The summed E-state index contributed by atoms with van der Waals surface area (Å²) in [6, 6.07) is 5.86. The van der Waals surface area contributed by atoms with Crippen molar-refractivity contribution in [2.24, 2.45) is 0 Å². The Morgan fingerprint density at radius 3 is 2.74 bits per heavy atom. The number of halogens is 1. The van der Waals surface area contributed by atoms with Crippen LogP contribution >= 0.6 is 15.9 Å². The van der Waals surface area contributed by atoms with Gasteiger partial charge in [-0.3, -0.25) is 0 Å². The van der Waals surface area contributed by atoms with E-state index in [9.17, 15) is 4.79 Å². The molecule has 0 aliphatic carbocycles. The number of rotatable bonds is 6. The highest BCUT2D eigenvalue weighted by Crippen LogP contribution is 2.15. The van der Waals surface area contributed by atoms with Gasteiger partial charge in [-0.1, -0.05) is 28.9 Å². The Kier molecular flexibility index (Phi) is 6.87. The number of carbonyl (C=O) groups is 1. The summed E-state index contributed by atoms with van der Waals surface area (Å²) in [5.74, 6) is 0. The third-order valence-electron chi connectivity index (χ3n) is 2.89. The summed E-state index contributed by atoms with van der Waals surface area (Å²) < 4.78 is 1.04. The van der Waals surface area contributed by atoms with Crippen LogP contribution in [-0.4, -0.2) is 35.7 Å². The molecule has 5 heteroatoms. The van der Waals surface area contributed by atoms with Crippen LogP contribution < -0.4 is 5.32 Å². The molecule has 0 saturated carbocycles. The van der Waals surface area contributed by atoms with Crippen LogP contribution in [0, 0.1) is 6.92 Å². The van der Waals surface area contributed by atoms with E-state index in [-0.39, 0.29) is 12.6 Å². The summed E-state index contributed by atoms with van der Waals surface area (Å²) in [6.45, 7) is 5.55. The van der Waals surface area contributed by atoms with Crippen molar-refractivity contribution in [2.75, 3.05) is 19.7 Å². The normalized spacial score (nSPS) is 10.3. The predicted octanol–water partition coefficient (Wildman–Crippen LogP) is 2.67. The maximum atomic E-state index is 12.0. The zero-order chi connectivity index (χ0) is 14.3. The Morgan fingerprint density at radius 1 is 1.42 bits per heavy atom. The number of benzene rings is 1. The van der Waals surface area contributed by atoms with Gasteiger partial charge in [-0.2, -0.15) is 0 Å². The minimum Gasteiger partial charge on any atom is -0.395 e. The third-order valence-corrected chi connectivity index (χ3v) is 3.38. The van der Waals surface area contributed by atoms with Crippen LogP contribution in [-0.2, 0) is 6.54 Å². The van der Waals surface area contributed by atoms with E-state index in [2.05, 4.69) is 21.2 Å². The molecule has 2 N–H and O–H groups in total. The number of carbonyl (C=O) groups excluding carboxylic acids is 1. The van der Waals surface area contributed by atoms with Gasteiger partial charge in [0, 0.05) is 24.1 Å². The molecule has 1 rings (SSSR count). The molecule has 106 valence electrons. The average molecular weight is 329 g/mol. The SMILES string of the molecule is CCCN(CCO)C(=O)NCc1ccc(Br)cc1C. The topological polar surface area (TPSA) is 52.6 Å². The summed E-state index contributed by atoms with van der Waals surface area (Å²) in [6.07, 6.45) is 0.880. The van der Waals surface area contributed by atoms with E-state index < -0.39 is 0 Å². The minimum absolute atomic E-state index is 0.00919. The van der Waals surface area contributed by atoms with Crippen LogP contribution in [0.25, 0.3) is 0 Å². The molecule has 0 radical (unpaired) electrons. The number of nitrogens with zero attached hydrogens (tertiary/aromatic N) is 1. The Morgan fingerprint density at radius 2 is 2.16 bits per heavy atom. The average Bonchev–Trinajstić information content (AvgIpc) is 2.37. The van der Waals surface area contributed by atoms with Gasteiger partial charge in [0.1, 0.15) is 0 Å². The van der Waals surface area contributed by atoms with Gasteiger partial charge in [0.2, 0.25) is 0 Å². The molecule has 0 heterocycles. The first-order valence-electron chi connectivity index (χ1n) is 6.47. The lowest BCUT2D eigenvalue weighted by molar-refractivity contribution is 0.177. The number of aryl methyl sites for hydroxylation is 1. The predicted molar refractivity (Wildman–Crippen MR) is 80.1 cm³/mol. The zero-order valence-electron chi connectivity index (χ0n) is 11.4. The van der Waals surface area contributed by atoms with E-state index in [1.165, 1.54) is 0 Å². The lowest BCUT2D eigenvalue weighted by Crippen LogP contribution is -2.41. The van der Waals surface area contributed by atoms with Crippen molar-refractivity contribution in [3.05, 3.63) is 33.8 Å². The number of hydrogen-bond donors (Lipinski definition) is 2. The van der Waals surface area contributed by atoms with E-state index in [0.29, 0.717) is 19.6 Å². The number of aliphatic hydroxyl groups excluding tert-OH is 1. The molecule has 1 aromatic carbocycles. The molecular formula is C14H21BrN2O2. The Labute approximate surface area is 122 Å². The molecule has 0 saturated heterocycles.